The van der Waals surface area contributed by atoms with Gasteiger partial charge in [-0.25, -0.2) is 0 Å². The number of nitrogens with one attached hydrogen (secondary N) is 2. The first-order valence-corrected chi connectivity index (χ1v) is 6.34. The molecule has 1 aliphatic carbocycles. The summed E-state index contributed by atoms with van der Waals surface area (Å²) < 4.78 is 0. The van der Waals surface area contributed by atoms with E-state index in [1.165, 1.54) is 12.8 Å². The van der Waals surface area contributed by atoms with Gasteiger partial charge < -0.3 is 10.6 Å². The normalized spacial score (nSPS) is 16.5. The molecule has 3 nitrogen and oxygen atoms in total. The molecule has 0 aliphatic heterocycles. The average molecular weight is 224 g/mol. The van der Waals surface area contributed by atoms with E-state index < -0.39 is 0 Å². The van der Waals surface area contributed by atoms with Crippen molar-refractivity contribution in [2.45, 2.75) is 31.7 Å². The van der Waals surface area contributed by atoms with Crippen LogP contribution < -0.4 is 10.6 Å². The smallest absolute Gasteiger partial charge is 0.239 e. The van der Waals surface area contributed by atoms with Crippen LogP contribution >= 0.6 is 11.3 Å². The van der Waals surface area contributed by atoms with E-state index in [-0.39, 0.29) is 5.91 Å². The lowest BCUT2D eigenvalue weighted by Crippen LogP contribution is -2.36. The third-order valence-electron chi connectivity index (χ3n) is 2.69. The van der Waals surface area contributed by atoms with Gasteiger partial charge in [-0.15, -0.1) is 0 Å². The monoisotopic (exact) mass is 224 g/mol. The van der Waals surface area contributed by atoms with Gasteiger partial charge in [0.1, 0.15) is 0 Å². The molecule has 1 aromatic rings. The van der Waals surface area contributed by atoms with Crippen molar-refractivity contribution in [3.8, 4) is 0 Å². The van der Waals surface area contributed by atoms with Crippen LogP contribution in [0.15, 0.2) is 16.8 Å². The Morgan fingerprint density at radius 2 is 2.27 bits per heavy atom. The molecule has 82 valence electrons. The Kier molecular flexibility index (Phi) is 3.61. The summed E-state index contributed by atoms with van der Waals surface area (Å²) in [6.07, 6.45) is 4.79. The maximum Gasteiger partial charge on any atom is 0.239 e. The molecular weight excluding hydrogens is 208 g/mol. The van der Waals surface area contributed by atoms with Crippen LogP contribution in [0.4, 0.5) is 5.69 Å². The molecule has 0 atom stereocenters. The fourth-order valence-electron chi connectivity index (χ4n) is 1.90. The Balaban J connectivity index is 1.68. The van der Waals surface area contributed by atoms with E-state index in [1.807, 2.05) is 16.8 Å². The summed E-state index contributed by atoms with van der Waals surface area (Å²) in [6.45, 7) is 0.382. The standard InChI is InChI=1S/C11H16N2OS/c14-11(13-9-3-1-2-4-9)7-12-10-5-6-15-8-10/h5-6,8-9,12H,1-4,7H2,(H,13,14). The summed E-state index contributed by atoms with van der Waals surface area (Å²) in [5, 5.41) is 10.1. The van der Waals surface area contributed by atoms with Crippen LogP contribution in [0, 0.1) is 0 Å². The number of anilines is 1. The Bertz CT molecular complexity index is 304. The van der Waals surface area contributed by atoms with Crippen molar-refractivity contribution in [1.82, 2.24) is 5.32 Å². The Morgan fingerprint density at radius 1 is 1.47 bits per heavy atom. The molecule has 0 unspecified atom stereocenters. The van der Waals surface area contributed by atoms with Crippen LogP contribution in [-0.4, -0.2) is 18.5 Å². The van der Waals surface area contributed by atoms with Crippen molar-refractivity contribution in [3.05, 3.63) is 16.8 Å². The largest absolute Gasteiger partial charge is 0.375 e. The molecule has 0 aromatic carbocycles. The number of carbonyl (C=O) groups excluding carboxylic acids is 1. The van der Waals surface area contributed by atoms with Gasteiger partial charge in [0.25, 0.3) is 0 Å². The molecule has 15 heavy (non-hydrogen) atoms. The SMILES string of the molecule is O=C(CNc1ccsc1)NC1CCCC1. The van der Waals surface area contributed by atoms with Crippen molar-refractivity contribution in [2.24, 2.45) is 0 Å². The van der Waals surface area contributed by atoms with Gasteiger partial charge in [-0.3, -0.25) is 4.79 Å². The first-order valence-electron chi connectivity index (χ1n) is 5.40. The highest BCUT2D eigenvalue weighted by atomic mass is 32.1. The molecule has 1 fully saturated rings. The van der Waals surface area contributed by atoms with Crippen LogP contribution in [-0.2, 0) is 4.79 Å². The Hall–Kier alpha value is -1.03. The molecule has 2 rings (SSSR count). The van der Waals surface area contributed by atoms with E-state index in [1.54, 1.807) is 11.3 Å². The van der Waals surface area contributed by atoms with Gasteiger partial charge in [-0.2, -0.15) is 11.3 Å². The summed E-state index contributed by atoms with van der Waals surface area (Å²) in [5.74, 6) is 0.105. The van der Waals surface area contributed by atoms with Crippen LogP contribution in [0.5, 0.6) is 0 Å². The number of amides is 1. The summed E-state index contributed by atoms with van der Waals surface area (Å²) >= 11 is 1.63. The first kappa shape index (κ1) is 10.5. The van der Waals surface area contributed by atoms with Crippen LogP contribution in [0.2, 0.25) is 0 Å². The van der Waals surface area contributed by atoms with E-state index in [0.29, 0.717) is 12.6 Å². The minimum absolute atomic E-state index is 0.105. The highest BCUT2D eigenvalue weighted by molar-refractivity contribution is 7.08. The fraction of sp³-hybridized carbons (Fsp3) is 0.545. The molecule has 0 bridgehead atoms. The molecule has 1 aromatic heterocycles. The number of hydrogen-bond donors (Lipinski definition) is 2. The molecule has 1 amide bonds. The molecule has 1 aliphatic rings. The van der Waals surface area contributed by atoms with Crippen molar-refractivity contribution in [2.75, 3.05) is 11.9 Å². The zero-order valence-electron chi connectivity index (χ0n) is 8.66. The number of hydrogen-bond acceptors (Lipinski definition) is 3. The van der Waals surface area contributed by atoms with Crippen molar-refractivity contribution >= 4 is 22.9 Å². The van der Waals surface area contributed by atoms with Crippen LogP contribution in [0.3, 0.4) is 0 Å². The summed E-state index contributed by atoms with van der Waals surface area (Å²) in [5.41, 5.74) is 1.03. The van der Waals surface area contributed by atoms with E-state index in [2.05, 4.69) is 10.6 Å². The molecule has 0 radical (unpaired) electrons. The lowest BCUT2D eigenvalue weighted by Gasteiger charge is -2.12. The van der Waals surface area contributed by atoms with E-state index in [9.17, 15) is 4.79 Å². The van der Waals surface area contributed by atoms with Crippen molar-refractivity contribution < 1.29 is 4.79 Å². The van der Waals surface area contributed by atoms with Gasteiger partial charge in [-0.05, 0) is 24.3 Å². The van der Waals surface area contributed by atoms with Gasteiger partial charge in [0, 0.05) is 17.1 Å². The lowest BCUT2D eigenvalue weighted by molar-refractivity contribution is -0.120. The second kappa shape index (κ2) is 5.16. The maximum atomic E-state index is 11.5. The third-order valence-corrected chi connectivity index (χ3v) is 3.38. The van der Waals surface area contributed by atoms with E-state index in [0.717, 1.165) is 18.5 Å². The van der Waals surface area contributed by atoms with Gasteiger partial charge in [0.05, 0.1) is 6.54 Å². The lowest BCUT2D eigenvalue weighted by atomic mass is 10.2. The Labute approximate surface area is 93.9 Å². The number of thiophene rings is 1. The predicted octanol–water partition coefficient (Wildman–Crippen LogP) is 2.22. The van der Waals surface area contributed by atoms with Crippen LogP contribution in [0.25, 0.3) is 0 Å². The van der Waals surface area contributed by atoms with Crippen LogP contribution in [0.1, 0.15) is 25.7 Å². The second-order valence-electron chi connectivity index (χ2n) is 3.91. The number of rotatable bonds is 4. The van der Waals surface area contributed by atoms with Crippen molar-refractivity contribution in [1.29, 1.82) is 0 Å². The van der Waals surface area contributed by atoms with E-state index >= 15 is 0 Å². The number of carbonyl (C=O) groups is 1. The molecule has 0 saturated heterocycles. The molecule has 0 spiro atoms. The molecule has 4 heteroatoms. The maximum absolute atomic E-state index is 11.5. The summed E-state index contributed by atoms with van der Waals surface area (Å²) in [7, 11) is 0. The average Bonchev–Trinajstić information content (AvgIpc) is 2.86. The highest BCUT2D eigenvalue weighted by Crippen LogP contribution is 2.17. The molecular formula is C11H16N2OS. The first-order chi connectivity index (χ1) is 7.34. The fourth-order valence-corrected chi connectivity index (χ4v) is 2.51. The van der Waals surface area contributed by atoms with E-state index in [4.69, 9.17) is 0 Å². The topological polar surface area (TPSA) is 41.1 Å². The zero-order valence-corrected chi connectivity index (χ0v) is 9.48. The minimum atomic E-state index is 0.105. The summed E-state index contributed by atoms with van der Waals surface area (Å²) in [4.78, 5) is 11.5. The molecule has 1 heterocycles. The molecule has 2 N–H and O–H groups in total. The van der Waals surface area contributed by atoms with Gasteiger partial charge in [0.2, 0.25) is 5.91 Å². The van der Waals surface area contributed by atoms with Gasteiger partial charge >= 0.3 is 0 Å². The Morgan fingerprint density at radius 3 is 2.93 bits per heavy atom. The second-order valence-corrected chi connectivity index (χ2v) is 4.69. The van der Waals surface area contributed by atoms with Gasteiger partial charge in [-0.1, -0.05) is 12.8 Å². The van der Waals surface area contributed by atoms with Crippen molar-refractivity contribution in [3.63, 3.8) is 0 Å². The summed E-state index contributed by atoms with van der Waals surface area (Å²) in [6, 6.07) is 2.40. The highest BCUT2D eigenvalue weighted by Gasteiger charge is 2.16. The zero-order chi connectivity index (χ0) is 10.5. The predicted molar refractivity (Wildman–Crippen MR) is 63.2 cm³/mol. The quantitative estimate of drug-likeness (QED) is 0.823. The minimum Gasteiger partial charge on any atom is -0.375 e. The third kappa shape index (κ3) is 3.23. The van der Waals surface area contributed by atoms with Gasteiger partial charge in [0.15, 0.2) is 0 Å². The molecule has 1 saturated carbocycles.